The van der Waals surface area contributed by atoms with Crippen LogP contribution < -0.4 is 5.32 Å². The van der Waals surface area contributed by atoms with Crippen LogP contribution in [0.2, 0.25) is 0 Å². The summed E-state index contributed by atoms with van der Waals surface area (Å²) in [6.07, 6.45) is 5.66. The van der Waals surface area contributed by atoms with Crippen molar-refractivity contribution >= 4 is 11.9 Å². The summed E-state index contributed by atoms with van der Waals surface area (Å²) >= 11 is 0. The molecule has 2 unspecified atom stereocenters. The molecule has 1 aliphatic heterocycles. The number of morpholine rings is 1. The van der Waals surface area contributed by atoms with Crippen molar-refractivity contribution in [2.24, 2.45) is 11.8 Å². The molecule has 7 nitrogen and oxygen atoms in total. The van der Waals surface area contributed by atoms with Gasteiger partial charge in [0.25, 0.3) is 5.91 Å². The summed E-state index contributed by atoms with van der Waals surface area (Å²) in [6.45, 7) is 2.92. The quantitative estimate of drug-likeness (QED) is 0.773. The van der Waals surface area contributed by atoms with Crippen molar-refractivity contribution < 1.29 is 19.4 Å². The summed E-state index contributed by atoms with van der Waals surface area (Å²) in [7, 11) is 1.80. The highest BCUT2D eigenvalue weighted by Crippen LogP contribution is 2.57. The second kappa shape index (κ2) is 7.78. The molecule has 1 aromatic rings. The minimum Gasteiger partial charge on any atom is -0.390 e. The van der Waals surface area contributed by atoms with E-state index in [9.17, 15) is 14.7 Å². The lowest BCUT2D eigenvalue weighted by Gasteiger charge is -2.60. The Morgan fingerprint density at radius 2 is 1.77 bits per heavy atom. The summed E-state index contributed by atoms with van der Waals surface area (Å²) in [4.78, 5) is 29.1. The molecule has 7 heteroatoms. The highest BCUT2D eigenvalue weighted by atomic mass is 16.5. The van der Waals surface area contributed by atoms with E-state index in [4.69, 9.17) is 4.74 Å². The largest absolute Gasteiger partial charge is 0.390 e. The van der Waals surface area contributed by atoms with Crippen molar-refractivity contribution in [2.45, 2.75) is 56.2 Å². The molecule has 2 atom stereocenters. The Bertz CT molecular complexity index is 835. The Balaban J connectivity index is 1.20. The zero-order valence-corrected chi connectivity index (χ0v) is 18.3. The molecule has 1 aromatic carbocycles. The second-order valence-corrected chi connectivity index (χ2v) is 10.4. The van der Waals surface area contributed by atoms with Gasteiger partial charge in [-0.25, -0.2) is 4.79 Å². The fraction of sp³-hybridized carbons (Fsp3) is 0.667. The number of benzene rings is 1. The zero-order chi connectivity index (χ0) is 21.6. The normalized spacial score (nSPS) is 33.9. The van der Waals surface area contributed by atoms with Crippen molar-refractivity contribution in [3.05, 3.63) is 35.4 Å². The first-order valence-electron chi connectivity index (χ1n) is 11.5. The van der Waals surface area contributed by atoms with Crippen molar-refractivity contribution in [3.8, 4) is 0 Å². The number of nitrogens with zero attached hydrogens (tertiary/aromatic N) is 2. The Hall–Kier alpha value is -2.12. The maximum atomic E-state index is 13.0. The summed E-state index contributed by atoms with van der Waals surface area (Å²) in [5.41, 5.74) is 0.788. The molecule has 0 radical (unpaired) electrons. The van der Waals surface area contributed by atoms with Crippen molar-refractivity contribution in [3.63, 3.8) is 0 Å². The molecule has 168 valence electrons. The van der Waals surface area contributed by atoms with Crippen LogP contribution >= 0.6 is 0 Å². The van der Waals surface area contributed by atoms with Gasteiger partial charge in [0.15, 0.2) is 0 Å². The van der Waals surface area contributed by atoms with Crippen molar-refractivity contribution in [1.82, 2.24) is 15.1 Å². The average molecular weight is 428 g/mol. The van der Waals surface area contributed by atoms with Gasteiger partial charge in [-0.3, -0.25) is 4.79 Å². The molecule has 5 aliphatic rings. The van der Waals surface area contributed by atoms with Gasteiger partial charge in [0, 0.05) is 37.8 Å². The molecule has 1 saturated heterocycles. The Morgan fingerprint density at radius 3 is 2.39 bits per heavy atom. The smallest absolute Gasteiger partial charge is 0.320 e. The monoisotopic (exact) mass is 427 g/mol. The van der Waals surface area contributed by atoms with Crippen molar-refractivity contribution in [1.29, 1.82) is 0 Å². The minimum absolute atomic E-state index is 0.00451. The van der Waals surface area contributed by atoms with E-state index in [0.29, 0.717) is 56.7 Å². The SMILES string of the molecule is CN(Cc1ccc(C(=O)NC23CC4CC(CC(O)(C4)C2)C3)cc1)C(=O)N1CCOCC1. The number of hydrogen-bond donors (Lipinski definition) is 2. The fourth-order valence-electron chi connectivity index (χ4n) is 6.77. The Kier molecular flexibility index (Phi) is 5.21. The lowest BCUT2D eigenvalue weighted by atomic mass is 9.51. The number of carbonyl (C=O) groups is 2. The molecule has 6 rings (SSSR count). The number of nitrogens with one attached hydrogen (secondary N) is 1. The number of urea groups is 1. The molecule has 2 N–H and O–H groups in total. The number of hydrogen-bond acceptors (Lipinski definition) is 4. The van der Waals surface area contributed by atoms with Gasteiger partial charge in [0.05, 0.1) is 18.8 Å². The Morgan fingerprint density at radius 1 is 1.13 bits per heavy atom. The van der Waals surface area contributed by atoms with Gasteiger partial charge in [-0.05, 0) is 68.1 Å². The van der Waals surface area contributed by atoms with Gasteiger partial charge in [-0.15, -0.1) is 0 Å². The van der Waals surface area contributed by atoms with Crippen LogP contribution in [0.15, 0.2) is 24.3 Å². The van der Waals surface area contributed by atoms with Crippen LogP contribution in [0, 0.1) is 11.8 Å². The third-order valence-electron chi connectivity index (χ3n) is 7.65. The topological polar surface area (TPSA) is 82.1 Å². The van der Waals surface area contributed by atoms with E-state index in [-0.39, 0.29) is 17.5 Å². The van der Waals surface area contributed by atoms with Gasteiger partial charge < -0.3 is 25.0 Å². The van der Waals surface area contributed by atoms with Gasteiger partial charge in [-0.1, -0.05) is 12.1 Å². The van der Waals surface area contributed by atoms with E-state index >= 15 is 0 Å². The summed E-state index contributed by atoms with van der Waals surface area (Å²) < 4.78 is 5.31. The summed E-state index contributed by atoms with van der Waals surface area (Å²) in [5, 5.41) is 14.2. The first-order chi connectivity index (χ1) is 14.8. The summed E-state index contributed by atoms with van der Waals surface area (Å²) in [6, 6.07) is 7.53. The number of amides is 3. The third-order valence-corrected chi connectivity index (χ3v) is 7.65. The highest BCUT2D eigenvalue weighted by Gasteiger charge is 2.57. The van der Waals surface area contributed by atoms with Gasteiger partial charge in [-0.2, -0.15) is 0 Å². The van der Waals surface area contributed by atoms with Gasteiger partial charge in [0.2, 0.25) is 0 Å². The molecule has 0 aromatic heterocycles. The van der Waals surface area contributed by atoms with Gasteiger partial charge >= 0.3 is 6.03 Å². The van der Waals surface area contributed by atoms with Crippen LogP contribution in [0.3, 0.4) is 0 Å². The predicted octanol–water partition coefficient (Wildman–Crippen LogP) is 2.38. The predicted molar refractivity (Wildman–Crippen MR) is 116 cm³/mol. The lowest BCUT2D eigenvalue weighted by molar-refractivity contribution is -0.139. The van der Waals surface area contributed by atoms with Crippen LogP contribution in [-0.4, -0.2) is 71.3 Å². The third kappa shape index (κ3) is 4.17. The van der Waals surface area contributed by atoms with E-state index < -0.39 is 5.60 Å². The lowest BCUT2D eigenvalue weighted by Crippen LogP contribution is -2.65. The molecular formula is C24H33N3O4. The number of rotatable bonds is 4. The number of carbonyl (C=O) groups excluding carboxylic acids is 2. The summed E-state index contributed by atoms with van der Waals surface area (Å²) in [5.74, 6) is 1.01. The zero-order valence-electron chi connectivity index (χ0n) is 18.3. The molecular weight excluding hydrogens is 394 g/mol. The molecule has 4 aliphatic carbocycles. The van der Waals surface area contributed by atoms with E-state index in [2.05, 4.69) is 5.32 Å². The van der Waals surface area contributed by atoms with Gasteiger partial charge in [0.1, 0.15) is 0 Å². The first kappa shape index (κ1) is 20.8. The first-order valence-corrected chi connectivity index (χ1v) is 11.5. The average Bonchev–Trinajstić information content (AvgIpc) is 2.72. The van der Waals surface area contributed by atoms with Crippen LogP contribution in [0.5, 0.6) is 0 Å². The maximum Gasteiger partial charge on any atom is 0.320 e. The van der Waals surface area contributed by atoms with Crippen LogP contribution in [0.25, 0.3) is 0 Å². The standard InChI is InChI=1S/C24H33N3O4/c1-26(22(29)27-6-8-31-9-7-27)15-17-2-4-20(5-3-17)21(28)25-23-11-18-10-19(12-23)14-24(30,13-18)16-23/h2-5,18-19,30H,6-16H2,1H3,(H,25,28). The van der Waals surface area contributed by atoms with E-state index in [1.165, 1.54) is 6.42 Å². The van der Waals surface area contributed by atoms with Crippen molar-refractivity contribution in [2.75, 3.05) is 33.4 Å². The Labute approximate surface area is 183 Å². The molecule has 31 heavy (non-hydrogen) atoms. The molecule has 4 bridgehead atoms. The molecule has 4 saturated carbocycles. The van der Waals surface area contributed by atoms with E-state index in [1.807, 2.05) is 29.2 Å². The molecule has 5 fully saturated rings. The number of aliphatic hydroxyl groups is 1. The van der Waals surface area contributed by atoms with Crippen LogP contribution in [-0.2, 0) is 11.3 Å². The van der Waals surface area contributed by atoms with E-state index in [1.54, 1.807) is 11.9 Å². The maximum absolute atomic E-state index is 13.0. The molecule has 3 amide bonds. The van der Waals surface area contributed by atoms with Crippen LogP contribution in [0.1, 0.15) is 54.4 Å². The van der Waals surface area contributed by atoms with Crippen LogP contribution in [0.4, 0.5) is 4.79 Å². The fourth-order valence-corrected chi connectivity index (χ4v) is 6.77. The second-order valence-electron chi connectivity index (χ2n) is 10.4. The molecule has 0 spiro atoms. The number of ether oxygens (including phenoxy) is 1. The molecule has 1 heterocycles. The minimum atomic E-state index is -0.584. The van der Waals surface area contributed by atoms with E-state index in [0.717, 1.165) is 31.2 Å². The highest BCUT2D eigenvalue weighted by molar-refractivity contribution is 5.94.